The average molecular weight is 463 g/mol. The first-order valence-corrected chi connectivity index (χ1v) is 11.9. The van der Waals surface area contributed by atoms with Gasteiger partial charge in [-0.1, -0.05) is 17.7 Å². The molecule has 9 heteroatoms. The van der Waals surface area contributed by atoms with E-state index < -0.39 is 22.1 Å². The number of carbonyl (C=O) groups excluding carboxylic acids is 1. The quantitative estimate of drug-likeness (QED) is 0.648. The molecule has 1 saturated heterocycles. The standard InChI is InChI=1S/C23H30N2O6S/c1-15-8-10-18(11-9-15)32(27,28)25-12-6-7-19(25)23(26)24-16(2)17-13-20(29-3)22(31-5)21(14-17)30-4/h8-11,13-14,16,19H,6-7,12H2,1-5H3,(H,24,26)/t16?,19-/m0/s1. The number of ether oxygens (including phenoxy) is 3. The zero-order valence-corrected chi connectivity index (χ0v) is 19.9. The minimum Gasteiger partial charge on any atom is -0.493 e. The highest BCUT2D eigenvalue weighted by atomic mass is 32.2. The molecule has 174 valence electrons. The van der Waals surface area contributed by atoms with Crippen molar-refractivity contribution in [2.75, 3.05) is 27.9 Å². The maximum Gasteiger partial charge on any atom is 0.243 e. The minimum atomic E-state index is -3.76. The SMILES string of the molecule is COc1cc(C(C)NC(=O)[C@@H]2CCCN2S(=O)(=O)c2ccc(C)cc2)cc(OC)c1OC. The second-order valence-electron chi connectivity index (χ2n) is 7.78. The van der Waals surface area contributed by atoms with Crippen LogP contribution in [0.3, 0.4) is 0 Å². The summed E-state index contributed by atoms with van der Waals surface area (Å²) in [4.78, 5) is 13.3. The molecule has 1 heterocycles. The van der Waals surface area contributed by atoms with Gasteiger partial charge >= 0.3 is 0 Å². The van der Waals surface area contributed by atoms with Crippen molar-refractivity contribution >= 4 is 15.9 Å². The van der Waals surface area contributed by atoms with E-state index in [0.29, 0.717) is 36.6 Å². The Morgan fingerprint density at radius 1 is 1.06 bits per heavy atom. The van der Waals surface area contributed by atoms with Crippen LogP contribution in [0.2, 0.25) is 0 Å². The summed E-state index contributed by atoms with van der Waals surface area (Å²) >= 11 is 0. The Labute approximate surface area is 189 Å². The smallest absolute Gasteiger partial charge is 0.243 e. The van der Waals surface area contributed by atoms with Crippen molar-refractivity contribution < 1.29 is 27.4 Å². The Balaban J connectivity index is 1.81. The summed E-state index contributed by atoms with van der Waals surface area (Å²) < 4.78 is 43.7. The molecule has 1 amide bonds. The summed E-state index contributed by atoms with van der Waals surface area (Å²) in [6, 6.07) is 9.04. The number of sulfonamides is 1. The van der Waals surface area contributed by atoms with Crippen LogP contribution >= 0.6 is 0 Å². The van der Waals surface area contributed by atoms with E-state index in [0.717, 1.165) is 11.1 Å². The highest BCUT2D eigenvalue weighted by Gasteiger charge is 2.39. The van der Waals surface area contributed by atoms with Crippen LogP contribution < -0.4 is 19.5 Å². The number of amides is 1. The lowest BCUT2D eigenvalue weighted by Crippen LogP contribution is -2.46. The number of nitrogens with one attached hydrogen (secondary N) is 1. The Kier molecular flexibility index (Phi) is 7.30. The number of nitrogens with zero attached hydrogens (tertiary/aromatic N) is 1. The largest absolute Gasteiger partial charge is 0.493 e. The molecule has 0 saturated carbocycles. The first-order valence-electron chi connectivity index (χ1n) is 10.4. The van der Waals surface area contributed by atoms with Gasteiger partial charge in [0.05, 0.1) is 32.3 Å². The van der Waals surface area contributed by atoms with E-state index in [1.54, 1.807) is 36.4 Å². The van der Waals surface area contributed by atoms with E-state index in [1.165, 1.54) is 25.6 Å². The molecule has 8 nitrogen and oxygen atoms in total. The van der Waals surface area contributed by atoms with Crippen LogP contribution in [0.25, 0.3) is 0 Å². The van der Waals surface area contributed by atoms with Gasteiger partial charge in [-0.3, -0.25) is 4.79 Å². The van der Waals surface area contributed by atoms with Crippen molar-refractivity contribution in [2.45, 2.75) is 43.7 Å². The van der Waals surface area contributed by atoms with E-state index in [4.69, 9.17) is 14.2 Å². The lowest BCUT2D eigenvalue weighted by molar-refractivity contribution is -0.124. The molecule has 2 aromatic carbocycles. The van der Waals surface area contributed by atoms with E-state index >= 15 is 0 Å². The maximum atomic E-state index is 13.2. The van der Waals surface area contributed by atoms with Crippen molar-refractivity contribution in [1.29, 1.82) is 0 Å². The summed E-state index contributed by atoms with van der Waals surface area (Å²) in [6.07, 6.45) is 1.10. The molecule has 1 fully saturated rings. The van der Waals surface area contributed by atoms with Gasteiger partial charge in [-0.2, -0.15) is 4.31 Å². The van der Waals surface area contributed by atoms with Crippen molar-refractivity contribution in [3.05, 3.63) is 47.5 Å². The normalized spacial score (nSPS) is 17.6. The molecule has 0 aliphatic carbocycles. The fourth-order valence-corrected chi connectivity index (χ4v) is 5.54. The predicted molar refractivity (Wildman–Crippen MR) is 121 cm³/mol. The Bertz CT molecular complexity index is 1040. The molecule has 1 unspecified atom stereocenters. The fourth-order valence-electron chi connectivity index (χ4n) is 3.88. The van der Waals surface area contributed by atoms with Crippen LogP contribution in [0.5, 0.6) is 17.2 Å². The van der Waals surface area contributed by atoms with Crippen molar-refractivity contribution in [3.63, 3.8) is 0 Å². The summed E-state index contributed by atoms with van der Waals surface area (Å²) in [5.74, 6) is 1.09. The zero-order valence-electron chi connectivity index (χ0n) is 19.0. The Morgan fingerprint density at radius 3 is 2.19 bits per heavy atom. The third-order valence-corrected chi connectivity index (χ3v) is 7.60. The average Bonchev–Trinajstić information content (AvgIpc) is 3.29. The topological polar surface area (TPSA) is 94.2 Å². The molecular weight excluding hydrogens is 432 g/mol. The number of carbonyl (C=O) groups is 1. The molecule has 0 bridgehead atoms. The number of aryl methyl sites for hydroxylation is 1. The van der Waals surface area contributed by atoms with Crippen LogP contribution in [-0.4, -0.2) is 52.5 Å². The lowest BCUT2D eigenvalue weighted by atomic mass is 10.1. The molecule has 0 aromatic heterocycles. The van der Waals surface area contributed by atoms with Crippen LogP contribution in [0.1, 0.15) is 36.9 Å². The van der Waals surface area contributed by atoms with Crippen LogP contribution in [0.15, 0.2) is 41.3 Å². The third kappa shape index (κ3) is 4.68. The molecule has 1 N–H and O–H groups in total. The van der Waals surface area contributed by atoms with Gasteiger partial charge in [0.1, 0.15) is 6.04 Å². The monoisotopic (exact) mass is 462 g/mol. The van der Waals surface area contributed by atoms with E-state index in [2.05, 4.69) is 5.32 Å². The number of hydrogen-bond acceptors (Lipinski definition) is 6. The first kappa shape index (κ1) is 23.9. The summed E-state index contributed by atoms with van der Waals surface area (Å²) in [5.41, 5.74) is 1.72. The van der Waals surface area contributed by atoms with Crippen molar-refractivity contribution in [2.24, 2.45) is 0 Å². The predicted octanol–water partition coefficient (Wildman–Crippen LogP) is 3.05. The van der Waals surface area contributed by atoms with Gasteiger partial charge in [-0.25, -0.2) is 8.42 Å². The summed E-state index contributed by atoms with van der Waals surface area (Å²) in [5, 5.41) is 2.94. The molecule has 2 aromatic rings. The molecule has 3 rings (SSSR count). The van der Waals surface area contributed by atoms with Gasteiger partial charge in [-0.15, -0.1) is 0 Å². The molecule has 32 heavy (non-hydrogen) atoms. The van der Waals surface area contributed by atoms with Crippen molar-refractivity contribution in [3.8, 4) is 17.2 Å². The van der Waals surface area contributed by atoms with Crippen LogP contribution in [0.4, 0.5) is 0 Å². The van der Waals surface area contributed by atoms with Gasteiger partial charge in [-0.05, 0) is 56.5 Å². The molecule has 2 atom stereocenters. The maximum absolute atomic E-state index is 13.2. The third-order valence-electron chi connectivity index (χ3n) is 5.68. The Hall–Kier alpha value is -2.78. The van der Waals surface area contributed by atoms with E-state index in [1.807, 2.05) is 13.8 Å². The summed E-state index contributed by atoms with van der Waals surface area (Å²) in [6.45, 7) is 4.03. The van der Waals surface area contributed by atoms with Gasteiger partial charge < -0.3 is 19.5 Å². The highest BCUT2D eigenvalue weighted by molar-refractivity contribution is 7.89. The summed E-state index contributed by atoms with van der Waals surface area (Å²) in [7, 11) is 0.807. The van der Waals surface area contributed by atoms with Crippen LogP contribution in [-0.2, 0) is 14.8 Å². The zero-order chi connectivity index (χ0) is 23.5. The minimum absolute atomic E-state index is 0.195. The molecule has 1 aliphatic heterocycles. The van der Waals surface area contributed by atoms with Gasteiger partial charge in [0.2, 0.25) is 21.7 Å². The first-order chi connectivity index (χ1) is 15.2. The number of methoxy groups -OCH3 is 3. The highest BCUT2D eigenvalue weighted by Crippen LogP contribution is 2.39. The second-order valence-corrected chi connectivity index (χ2v) is 9.67. The lowest BCUT2D eigenvalue weighted by Gasteiger charge is -2.25. The molecule has 1 aliphatic rings. The van der Waals surface area contributed by atoms with E-state index in [-0.39, 0.29) is 10.8 Å². The van der Waals surface area contributed by atoms with E-state index in [9.17, 15) is 13.2 Å². The fraction of sp³-hybridized carbons (Fsp3) is 0.435. The van der Waals surface area contributed by atoms with Gasteiger partial charge in [0.15, 0.2) is 11.5 Å². The van der Waals surface area contributed by atoms with Crippen molar-refractivity contribution in [1.82, 2.24) is 9.62 Å². The Morgan fingerprint density at radius 2 is 1.66 bits per heavy atom. The van der Waals surface area contributed by atoms with Gasteiger partial charge in [0.25, 0.3) is 0 Å². The molecular formula is C23H30N2O6S. The number of rotatable bonds is 8. The van der Waals surface area contributed by atoms with Crippen LogP contribution in [0, 0.1) is 6.92 Å². The number of benzene rings is 2. The molecule has 0 radical (unpaired) electrons. The number of hydrogen-bond donors (Lipinski definition) is 1. The molecule has 0 spiro atoms. The second kappa shape index (κ2) is 9.79. The van der Waals surface area contributed by atoms with Gasteiger partial charge in [0, 0.05) is 6.54 Å².